The van der Waals surface area contributed by atoms with Gasteiger partial charge in [-0.1, -0.05) is 6.07 Å². The van der Waals surface area contributed by atoms with E-state index in [1.165, 1.54) is 6.07 Å². The van der Waals surface area contributed by atoms with Crippen LogP contribution in [0.4, 0.5) is 5.69 Å². The summed E-state index contributed by atoms with van der Waals surface area (Å²) in [6.45, 7) is 0. The molecular weight excluding hydrogens is 258 g/mol. The Balaban J connectivity index is 3.27. The Morgan fingerprint density at radius 2 is 2.06 bits per heavy atom. The summed E-state index contributed by atoms with van der Waals surface area (Å²) in [7, 11) is -2.67. The molecule has 0 saturated carbocycles. The number of benzene rings is 1. The fourth-order valence-corrected chi connectivity index (χ4v) is 1.80. The van der Waals surface area contributed by atoms with Crippen molar-refractivity contribution in [2.24, 2.45) is 0 Å². The van der Waals surface area contributed by atoms with Gasteiger partial charge in [-0.3, -0.25) is 14.9 Å². The number of carbonyl (C=O) groups is 1. The average molecular weight is 264 g/mol. The van der Waals surface area contributed by atoms with Crippen molar-refractivity contribution in [2.45, 2.75) is 5.75 Å². The third kappa shape index (κ3) is 3.01. The number of nitro groups is 1. The average Bonchev–Trinajstić information content (AvgIpc) is 2.16. The number of hydrogen-bond acceptors (Lipinski definition) is 5. The van der Waals surface area contributed by atoms with E-state index in [9.17, 15) is 23.3 Å². The van der Waals surface area contributed by atoms with Crippen LogP contribution in [0.1, 0.15) is 15.9 Å². The molecule has 0 aliphatic rings. The van der Waals surface area contributed by atoms with Gasteiger partial charge in [-0.05, 0) is 23.2 Å². The molecule has 86 valence electrons. The molecular formula is C8H6ClNO5S. The number of nitro benzene ring substituents is 1. The molecule has 0 aliphatic heterocycles. The number of carbonyl (C=O) groups excluding carboxylic acids is 1. The molecule has 0 radical (unpaired) electrons. The van der Waals surface area contributed by atoms with Gasteiger partial charge in [-0.15, -0.1) is 0 Å². The third-order valence-electron chi connectivity index (χ3n) is 1.78. The normalized spacial score (nSPS) is 10.4. The van der Waals surface area contributed by atoms with Crippen LogP contribution in [-0.4, -0.2) is 18.6 Å². The summed E-state index contributed by atoms with van der Waals surface area (Å²) in [5, 5.41) is 9.65. The van der Waals surface area contributed by atoms with Crippen molar-refractivity contribution in [2.75, 3.05) is 0 Å². The van der Waals surface area contributed by atoms with E-state index >= 15 is 0 Å². The Labute approximate surface area is 96.9 Å². The molecule has 0 aromatic heterocycles. The van der Waals surface area contributed by atoms with E-state index < -0.39 is 26.6 Å². The molecule has 0 saturated heterocycles. The van der Waals surface area contributed by atoms with E-state index in [4.69, 9.17) is 11.6 Å². The largest absolute Gasteiger partial charge is 0.281 e. The number of thiol groups is 1. The molecule has 0 atom stereocenters. The molecule has 16 heavy (non-hydrogen) atoms. The quantitative estimate of drug-likeness (QED) is 0.380. The Hall–Kier alpha value is -1.47. The molecule has 0 amide bonds. The summed E-state index contributed by atoms with van der Waals surface area (Å²) in [6, 6.07) is 3.48. The van der Waals surface area contributed by atoms with Gasteiger partial charge in [0.2, 0.25) is 0 Å². The fourth-order valence-electron chi connectivity index (χ4n) is 1.14. The monoisotopic (exact) mass is 263 g/mol. The van der Waals surface area contributed by atoms with Gasteiger partial charge < -0.3 is 0 Å². The number of halogens is 1. The Kier molecular flexibility index (Phi) is 3.97. The highest BCUT2D eigenvalue weighted by Gasteiger charge is 2.19. The Bertz CT molecular complexity index is 517. The van der Waals surface area contributed by atoms with Crippen LogP contribution in [0.5, 0.6) is 0 Å². The second-order valence-electron chi connectivity index (χ2n) is 2.87. The minimum absolute atomic E-state index is 0.240. The maximum Gasteiger partial charge on any atom is 0.281 e. The smallest absolute Gasteiger partial charge is 0.275 e. The Morgan fingerprint density at radius 1 is 1.44 bits per heavy atom. The van der Waals surface area contributed by atoms with Crippen LogP contribution in [0.25, 0.3) is 0 Å². The van der Waals surface area contributed by atoms with Crippen molar-refractivity contribution in [3.63, 3.8) is 0 Å². The summed E-state index contributed by atoms with van der Waals surface area (Å²) < 4.78 is 20.9. The van der Waals surface area contributed by atoms with Crippen LogP contribution in [0.2, 0.25) is 0 Å². The second kappa shape index (κ2) is 5.04. The molecule has 0 bridgehead atoms. The maximum atomic E-state index is 10.8. The first-order valence-corrected chi connectivity index (χ1v) is 5.75. The highest BCUT2D eigenvalue weighted by Crippen LogP contribution is 2.22. The maximum absolute atomic E-state index is 10.8. The van der Waals surface area contributed by atoms with Crippen molar-refractivity contribution in [1.82, 2.24) is 0 Å². The molecule has 0 spiro atoms. The number of nitrogens with zero attached hydrogens (tertiary/aromatic N) is 1. The van der Waals surface area contributed by atoms with Crippen molar-refractivity contribution < 1.29 is 18.1 Å². The molecule has 0 heterocycles. The summed E-state index contributed by atoms with van der Waals surface area (Å²) >= 11 is 5.15. The lowest BCUT2D eigenvalue weighted by molar-refractivity contribution is -0.385. The highest BCUT2D eigenvalue weighted by molar-refractivity contribution is 7.71. The van der Waals surface area contributed by atoms with Gasteiger partial charge in [-0.2, -0.15) is 0 Å². The van der Waals surface area contributed by atoms with E-state index in [0.29, 0.717) is 0 Å². The van der Waals surface area contributed by atoms with E-state index in [-0.39, 0.29) is 16.9 Å². The van der Waals surface area contributed by atoms with E-state index in [1.807, 2.05) is 0 Å². The summed E-state index contributed by atoms with van der Waals surface area (Å²) in [5.41, 5.74) is -0.504. The Morgan fingerprint density at radius 3 is 2.50 bits per heavy atom. The van der Waals surface area contributed by atoms with Crippen molar-refractivity contribution in [3.8, 4) is 0 Å². The van der Waals surface area contributed by atoms with Gasteiger partial charge in [0.25, 0.3) is 10.9 Å². The lowest BCUT2D eigenvalue weighted by Gasteiger charge is -2.00. The van der Waals surface area contributed by atoms with Crippen molar-refractivity contribution in [3.05, 3.63) is 39.4 Å². The minimum atomic E-state index is -2.67. The molecule has 1 aromatic carbocycles. The van der Waals surface area contributed by atoms with Gasteiger partial charge >= 0.3 is 0 Å². The molecule has 8 heteroatoms. The van der Waals surface area contributed by atoms with Gasteiger partial charge in [0.05, 0.1) is 10.7 Å². The van der Waals surface area contributed by atoms with E-state index in [0.717, 1.165) is 12.1 Å². The topological polar surface area (TPSA) is 94.3 Å². The number of hydrogen-bond donors (Lipinski definition) is 1. The van der Waals surface area contributed by atoms with Crippen molar-refractivity contribution >= 4 is 33.2 Å². The molecule has 0 fully saturated rings. The summed E-state index contributed by atoms with van der Waals surface area (Å²) in [6.07, 6.45) is 0. The molecule has 1 aromatic rings. The SMILES string of the molecule is O=C(Cl)c1ccc(C[SH](=O)=O)cc1[N+](=O)[O-]. The van der Waals surface area contributed by atoms with Crippen LogP contribution in [0.3, 0.4) is 0 Å². The van der Waals surface area contributed by atoms with Gasteiger partial charge in [-0.25, -0.2) is 8.42 Å². The lowest BCUT2D eigenvalue weighted by atomic mass is 10.1. The predicted octanol–water partition coefficient (Wildman–Crippen LogP) is 1.09. The third-order valence-corrected chi connectivity index (χ3v) is 2.61. The molecule has 0 N–H and O–H groups in total. The van der Waals surface area contributed by atoms with Crippen LogP contribution in [0.15, 0.2) is 18.2 Å². The first-order chi connectivity index (χ1) is 7.41. The fraction of sp³-hybridized carbons (Fsp3) is 0.125. The van der Waals surface area contributed by atoms with E-state index in [2.05, 4.69) is 0 Å². The molecule has 0 aliphatic carbocycles. The molecule has 0 unspecified atom stereocenters. The summed E-state index contributed by atoms with van der Waals surface area (Å²) in [5.74, 6) is -0.313. The standard InChI is InChI=1S/C8H6ClNO5S/c9-8(11)6-2-1-5(4-16(14)15)3-7(6)10(12)13/h1-3,16H,4H2. The molecule has 6 nitrogen and oxygen atoms in total. The van der Waals surface area contributed by atoms with Crippen LogP contribution in [-0.2, 0) is 16.5 Å². The second-order valence-corrected chi connectivity index (χ2v) is 4.20. The van der Waals surface area contributed by atoms with E-state index in [1.54, 1.807) is 0 Å². The van der Waals surface area contributed by atoms with Crippen molar-refractivity contribution in [1.29, 1.82) is 0 Å². The van der Waals surface area contributed by atoms with Crippen LogP contribution >= 0.6 is 11.6 Å². The zero-order chi connectivity index (χ0) is 12.3. The van der Waals surface area contributed by atoms with Crippen LogP contribution < -0.4 is 0 Å². The van der Waals surface area contributed by atoms with Gasteiger partial charge in [0.15, 0.2) is 0 Å². The van der Waals surface area contributed by atoms with Gasteiger partial charge in [0, 0.05) is 6.07 Å². The minimum Gasteiger partial charge on any atom is -0.275 e. The zero-order valence-electron chi connectivity index (χ0n) is 7.75. The summed E-state index contributed by atoms with van der Waals surface area (Å²) in [4.78, 5) is 20.7. The lowest BCUT2D eigenvalue weighted by Crippen LogP contribution is -2.00. The van der Waals surface area contributed by atoms with Gasteiger partial charge in [0.1, 0.15) is 16.3 Å². The number of rotatable bonds is 4. The highest BCUT2D eigenvalue weighted by atomic mass is 35.5. The zero-order valence-corrected chi connectivity index (χ0v) is 9.40. The predicted molar refractivity (Wildman–Crippen MR) is 57.3 cm³/mol. The van der Waals surface area contributed by atoms with Crippen LogP contribution in [0, 0.1) is 10.1 Å². The molecule has 1 rings (SSSR count). The first kappa shape index (κ1) is 12.6. The first-order valence-electron chi connectivity index (χ1n) is 4.00.